The molecule has 1 atom stereocenters. The summed E-state index contributed by atoms with van der Waals surface area (Å²) in [4.78, 5) is 2.09. The largest absolute Gasteiger partial charge is 0.497 e. The smallest absolute Gasteiger partial charge is 0.194 e. The Bertz CT molecular complexity index is 1080. The third-order valence-electron chi connectivity index (χ3n) is 5.34. The van der Waals surface area contributed by atoms with Crippen molar-refractivity contribution in [1.82, 2.24) is 5.01 Å². The van der Waals surface area contributed by atoms with Crippen molar-refractivity contribution >= 4 is 34.4 Å². The number of para-hydroxylation sites is 1. The van der Waals surface area contributed by atoms with E-state index >= 15 is 0 Å². The van der Waals surface area contributed by atoms with Crippen LogP contribution in [0.4, 0.5) is 11.4 Å². The maximum atomic E-state index is 5.76. The quantitative estimate of drug-likeness (QED) is 0.556. The summed E-state index contributed by atoms with van der Waals surface area (Å²) in [6.45, 7) is 0. The minimum Gasteiger partial charge on any atom is -0.497 e. The Morgan fingerprint density at radius 2 is 1.77 bits per heavy atom. The van der Waals surface area contributed by atoms with E-state index in [1.807, 2.05) is 61.6 Å². The van der Waals surface area contributed by atoms with Crippen molar-refractivity contribution in [3.8, 4) is 5.75 Å². The van der Waals surface area contributed by atoms with Crippen molar-refractivity contribution in [1.29, 1.82) is 0 Å². The Hall–Kier alpha value is -3.38. The van der Waals surface area contributed by atoms with E-state index in [1.165, 1.54) is 0 Å². The molecule has 158 valence electrons. The number of methoxy groups -OCH3 is 1. The molecule has 6 heteroatoms. The van der Waals surface area contributed by atoms with Crippen LogP contribution in [0.5, 0.6) is 5.75 Å². The molecule has 1 unspecified atom stereocenters. The second kappa shape index (κ2) is 9.18. The van der Waals surface area contributed by atoms with E-state index in [0.29, 0.717) is 5.11 Å². The van der Waals surface area contributed by atoms with Gasteiger partial charge in [0.05, 0.1) is 18.9 Å². The van der Waals surface area contributed by atoms with Crippen LogP contribution in [-0.4, -0.2) is 37.0 Å². The first kappa shape index (κ1) is 20.9. The summed E-state index contributed by atoms with van der Waals surface area (Å²) < 4.78 is 5.44. The third-order valence-corrected chi connectivity index (χ3v) is 5.63. The summed E-state index contributed by atoms with van der Waals surface area (Å²) >= 11 is 5.76. The SMILES string of the molecule is COc1cccc(C2CC(c3ccc(N(C)C)cc3)=NN2C(=S)Nc2ccccc2)c1. The topological polar surface area (TPSA) is 40.1 Å². The molecule has 0 aromatic heterocycles. The van der Waals surface area contributed by atoms with Crippen LogP contribution < -0.4 is 15.0 Å². The second-order valence-electron chi connectivity index (χ2n) is 7.63. The molecular formula is C25H26N4OS. The van der Waals surface area contributed by atoms with Gasteiger partial charge in [0.2, 0.25) is 0 Å². The fourth-order valence-corrected chi connectivity index (χ4v) is 3.92. The van der Waals surface area contributed by atoms with Gasteiger partial charge in [0.15, 0.2) is 5.11 Å². The van der Waals surface area contributed by atoms with Gasteiger partial charge in [-0.3, -0.25) is 0 Å². The molecule has 0 fully saturated rings. The van der Waals surface area contributed by atoms with Crippen molar-refractivity contribution < 1.29 is 4.74 Å². The lowest BCUT2D eigenvalue weighted by Crippen LogP contribution is -2.31. The Labute approximate surface area is 189 Å². The van der Waals surface area contributed by atoms with Gasteiger partial charge < -0.3 is 15.0 Å². The van der Waals surface area contributed by atoms with Crippen LogP contribution in [-0.2, 0) is 0 Å². The Balaban J connectivity index is 1.65. The summed E-state index contributed by atoms with van der Waals surface area (Å²) in [6, 6.07) is 26.5. The molecule has 4 rings (SSSR count). The molecule has 0 saturated carbocycles. The summed E-state index contributed by atoms with van der Waals surface area (Å²) in [6.07, 6.45) is 0.755. The number of ether oxygens (including phenoxy) is 1. The van der Waals surface area contributed by atoms with Crippen LogP contribution in [0.1, 0.15) is 23.6 Å². The minimum absolute atomic E-state index is 0.0117. The number of rotatable bonds is 5. The molecule has 0 amide bonds. The lowest BCUT2D eigenvalue weighted by molar-refractivity contribution is 0.371. The Kier molecular flexibility index (Phi) is 6.18. The van der Waals surface area contributed by atoms with Crippen LogP contribution in [0.2, 0.25) is 0 Å². The molecule has 0 saturated heterocycles. The molecule has 0 aliphatic carbocycles. The molecule has 1 heterocycles. The molecule has 3 aromatic carbocycles. The maximum absolute atomic E-state index is 5.76. The standard InChI is InChI=1S/C25H26N4OS/c1-28(2)21-14-12-18(13-15-21)23-17-24(19-8-7-11-22(16-19)30-3)29(27-23)25(31)26-20-9-5-4-6-10-20/h4-16,24H,17H2,1-3H3,(H,26,31). The first-order chi connectivity index (χ1) is 15.0. The molecule has 3 aromatic rings. The number of anilines is 2. The van der Waals surface area contributed by atoms with Gasteiger partial charge in [-0.05, 0) is 59.7 Å². The van der Waals surface area contributed by atoms with Gasteiger partial charge in [0, 0.05) is 31.9 Å². The van der Waals surface area contributed by atoms with Crippen molar-refractivity contribution in [2.45, 2.75) is 12.5 Å². The van der Waals surface area contributed by atoms with Crippen LogP contribution in [0.15, 0.2) is 84.0 Å². The van der Waals surface area contributed by atoms with E-state index in [2.05, 4.69) is 46.6 Å². The van der Waals surface area contributed by atoms with E-state index in [0.717, 1.165) is 40.4 Å². The van der Waals surface area contributed by atoms with Crippen LogP contribution in [0.3, 0.4) is 0 Å². The first-order valence-electron chi connectivity index (χ1n) is 10.2. The summed E-state index contributed by atoms with van der Waals surface area (Å²) in [5.74, 6) is 0.822. The van der Waals surface area contributed by atoms with Gasteiger partial charge in [0.1, 0.15) is 5.75 Å². The summed E-state index contributed by atoms with van der Waals surface area (Å²) in [5, 5.41) is 10.7. The summed E-state index contributed by atoms with van der Waals surface area (Å²) in [7, 11) is 5.76. The van der Waals surface area contributed by atoms with Gasteiger partial charge in [-0.2, -0.15) is 5.10 Å². The van der Waals surface area contributed by atoms with E-state index in [-0.39, 0.29) is 6.04 Å². The van der Waals surface area contributed by atoms with E-state index in [1.54, 1.807) is 7.11 Å². The number of hydrogen-bond acceptors (Lipinski definition) is 4. The molecule has 0 spiro atoms. The lowest BCUT2D eigenvalue weighted by atomic mass is 9.98. The Morgan fingerprint density at radius 1 is 1.03 bits per heavy atom. The highest BCUT2D eigenvalue weighted by atomic mass is 32.1. The van der Waals surface area contributed by atoms with E-state index in [9.17, 15) is 0 Å². The monoisotopic (exact) mass is 430 g/mol. The predicted octanol–water partition coefficient (Wildman–Crippen LogP) is 5.31. The lowest BCUT2D eigenvalue weighted by Gasteiger charge is -2.25. The van der Waals surface area contributed by atoms with Crippen molar-refractivity contribution in [2.24, 2.45) is 5.10 Å². The number of nitrogens with zero attached hydrogens (tertiary/aromatic N) is 3. The molecular weight excluding hydrogens is 404 g/mol. The zero-order chi connectivity index (χ0) is 21.8. The molecule has 0 bridgehead atoms. The number of thiocarbonyl (C=S) groups is 1. The predicted molar refractivity (Wildman–Crippen MR) is 132 cm³/mol. The van der Waals surface area contributed by atoms with Gasteiger partial charge in [-0.25, -0.2) is 5.01 Å². The highest BCUT2D eigenvalue weighted by Gasteiger charge is 2.31. The molecule has 31 heavy (non-hydrogen) atoms. The zero-order valence-electron chi connectivity index (χ0n) is 17.9. The van der Waals surface area contributed by atoms with Crippen LogP contribution >= 0.6 is 12.2 Å². The molecule has 1 N–H and O–H groups in total. The first-order valence-corrected chi connectivity index (χ1v) is 10.6. The van der Waals surface area contributed by atoms with Gasteiger partial charge >= 0.3 is 0 Å². The Morgan fingerprint density at radius 3 is 2.45 bits per heavy atom. The van der Waals surface area contributed by atoms with Crippen LogP contribution in [0, 0.1) is 0 Å². The van der Waals surface area contributed by atoms with E-state index in [4.69, 9.17) is 22.1 Å². The number of benzene rings is 3. The molecule has 1 aliphatic heterocycles. The van der Waals surface area contributed by atoms with E-state index < -0.39 is 0 Å². The van der Waals surface area contributed by atoms with Gasteiger partial charge in [-0.15, -0.1) is 0 Å². The second-order valence-corrected chi connectivity index (χ2v) is 8.01. The average molecular weight is 431 g/mol. The van der Waals surface area contributed by atoms with Crippen LogP contribution in [0.25, 0.3) is 0 Å². The number of nitrogens with one attached hydrogen (secondary N) is 1. The third kappa shape index (κ3) is 4.70. The fraction of sp³-hybridized carbons (Fsp3) is 0.200. The fourth-order valence-electron chi connectivity index (χ4n) is 3.63. The zero-order valence-corrected chi connectivity index (χ0v) is 18.8. The highest BCUT2D eigenvalue weighted by Crippen LogP contribution is 2.35. The average Bonchev–Trinajstić information content (AvgIpc) is 3.25. The van der Waals surface area contributed by atoms with Gasteiger partial charge in [-0.1, -0.05) is 42.5 Å². The molecule has 5 nitrogen and oxygen atoms in total. The van der Waals surface area contributed by atoms with Crippen molar-refractivity contribution in [3.05, 3.63) is 90.0 Å². The summed E-state index contributed by atoms with van der Waals surface area (Å²) in [5.41, 5.74) is 5.32. The van der Waals surface area contributed by atoms with Crippen molar-refractivity contribution in [3.63, 3.8) is 0 Å². The van der Waals surface area contributed by atoms with Crippen molar-refractivity contribution in [2.75, 3.05) is 31.4 Å². The molecule has 1 aliphatic rings. The normalized spacial score (nSPS) is 15.4. The maximum Gasteiger partial charge on any atom is 0.194 e. The molecule has 0 radical (unpaired) electrons. The van der Waals surface area contributed by atoms with Gasteiger partial charge in [0.25, 0.3) is 0 Å². The number of hydrogen-bond donors (Lipinski definition) is 1. The highest BCUT2D eigenvalue weighted by molar-refractivity contribution is 7.80. The number of hydrazone groups is 1. The minimum atomic E-state index is -0.0117.